The van der Waals surface area contributed by atoms with E-state index in [1.807, 2.05) is 92.6 Å². The SMILES string of the molecule is CCOC(=O)[C@H](C)NC(=O)[C@@H](N1Cc2ccccc2C1=O)C(C)(C)C.CCOC[C@H](C)NC(=O)[C@@H](C)C(C)(C)C.C[C@H](NC(=O)[C@@H](N1Cc2ccccc2C1=O)C(C)(C)C)C(=O)O.O=Cc1ccccc1C=O.[B]B([B])B([B])B(B(B([B])[B])B([B])[B])B(B([B])[B])B([B])[B].[B][B]B([B])B(B(B([B])[B])B([B])[B])B(B([B])[B])B([B])[B]. The molecule has 56 heteroatoms. The molecular weight excluding hydrogens is 1360 g/mol. The Balaban J connectivity index is 0.00000134. The number of ether oxygens (including phenoxy) is 2. The average molecular weight is 1440 g/mol. The van der Waals surface area contributed by atoms with Crippen LogP contribution in [0.2, 0.25) is 0 Å². The molecular formula is C56H79B39N5O12. The van der Waals surface area contributed by atoms with Crippen molar-refractivity contribution in [2.45, 2.75) is 147 Å². The smallest absolute Gasteiger partial charge is 0.328 e. The lowest BCUT2D eigenvalue weighted by atomic mass is 8.39. The van der Waals surface area contributed by atoms with Gasteiger partial charge in [-0.2, -0.15) is 0 Å². The molecule has 0 aliphatic carbocycles. The Labute approximate surface area is 706 Å². The Morgan fingerprint density at radius 2 is 0.804 bits per heavy atom. The third-order valence-corrected chi connectivity index (χ3v) is 19.0. The fourth-order valence-electron chi connectivity index (χ4n) is 12.8. The molecule has 0 aromatic heterocycles. The molecule has 0 unspecified atom stereocenters. The molecule has 0 saturated carbocycles. The Kier molecular flexibility index (Phi) is 49.3. The van der Waals surface area contributed by atoms with Crippen LogP contribution in [0.5, 0.6) is 0 Å². The van der Waals surface area contributed by atoms with Crippen molar-refractivity contribution in [3.05, 3.63) is 106 Å². The number of carboxylic acid groups (broad SMARTS) is 1. The molecule has 0 fully saturated rings. The normalized spacial score (nSPS) is 13.1. The maximum absolute atomic E-state index is 12.9. The fourth-order valence-corrected chi connectivity index (χ4v) is 12.8. The van der Waals surface area contributed by atoms with Crippen LogP contribution >= 0.6 is 0 Å². The second-order valence-corrected chi connectivity index (χ2v) is 31.3. The van der Waals surface area contributed by atoms with E-state index in [2.05, 4.69) is 36.7 Å². The van der Waals surface area contributed by atoms with Crippen LogP contribution in [0.1, 0.15) is 156 Å². The van der Waals surface area contributed by atoms with E-state index in [4.69, 9.17) is 177 Å². The molecule has 2 heterocycles. The number of hydrogen-bond acceptors (Lipinski definition) is 11. The van der Waals surface area contributed by atoms with E-state index in [1.54, 1.807) is 61.2 Å². The Morgan fingerprint density at radius 3 is 1.08 bits per heavy atom. The number of aliphatic carboxylic acids is 1. The molecule has 0 spiro atoms. The number of carbonyl (C=O) groups is 9. The molecule has 3 aromatic rings. The van der Waals surface area contributed by atoms with Gasteiger partial charge >= 0.3 is 11.9 Å². The van der Waals surface area contributed by atoms with Gasteiger partial charge in [0, 0.05) is 332 Å². The first-order valence-corrected chi connectivity index (χ1v) is 36.9. The summed E-state index contributed by atoms with van der Waals surface area (Å²) in [7, 11) is 122. The quantitative estimate of drug-likeness (QED) is 0.0260. The van der Waals surface area contributed by atoms with Crippen molar-refractivity contribution in [3.8, 4) is 0 Å². The first kappa shape index (κ1) is 108. The van der Waals surface area contributed by atoms with Crippen molar-refractivity contribution in [2.75, 3.05) is 19.8 Å². The summed E-state index contributed by atoms with van der Waals surface area (Å²) >= 11 is 0. The standard InChI is InChI=1S/C19H26N2O4.C17H22N2O4.C12H25NO2.C8H6O2.B20.B19/c1-6-25-18(24)12(2)20-16(22)15(19(3,4)5)21-11-13-9-7-8-10-14(13)17(21)23;1-10(16(22)23)18-14(20)13(17(2,3)4)19-9-11-7-5-6-8-12(11)15(19)21;1-7-15-8-9(2)13-11(14)10(3)12(4,5)6;9-5-7-3-1-2-4-8(7)6-10;1-12(2)17(11)20(18(13(3)4)14(5)6)19(15(7)8)16(9)10;1-11-16(10)19(17(12(2)3)13(4)5)18(14(6)7)15(8)9/h7-10,12,15H,6,11H2,1-5H3,(H,20,22);5-8,10,13H,9H2,1-4H3,(H,18,20)(H,22,23);9-10H,7-8H2,1-6H3,(H,13,14);1-6H;;/t12-,15+;10-,13+;9-,10+;;;/m000.../s1. The molecule has 112 heavy (non-hydrogen) atoms. The number of aldehydes is 2. The number of carbonyl (C=O) groups excluding carboxylic acids is 8. The van der Waals surface area contributed by atoms with Crippen LogP contribution in [-0.4, -0.2) is 397 Å². The molecule has 17 nitrogen and oxygen atoms in total. The number of amides is 5. The number of rotatable bonds is 32. The predicted molar refractivity (Wildman–Crippen MR) is 503 cm³/mol. The van der Waals surface area contributed by atoms with Gasteiger partial charge < -0.3 is 40.3 Å². The summed E-state index contributed by atoms with van der Waals surface area (Å²) < 4.78 is 10.2. The number of nitrogens with zero attached hydrogens (tertiary/aromatic N) is 2. The van der Waals surface area contributed by atoms with E-state index in [1.165, 1.54) is 18.9 Å². The van der Waals surface area contributed by atoms with E-state index >= 15 is 0 Å². The van der Waals surface area contributed by atoms with Crippen LogP contribution in [-0.2, 0) is 46.5 Å². The van der Waals surface area contributed by atoms with Crippen molar-refractivity contribution < 1.29 is 57.7 Å². The summed E-state index contributed by atoms with van der Waals surface area (Å²) in [5, 5.41) is 17.1. The van der Waals surface area contributed by atoms with E-state index in [0.29, 0.717) is 61.1 Å². The highest BCUT2D eigenvalue weighted by molar-refractivity contribution is 8.20. The van der Waals surface area contributed by atoms with Gasteiger partial charge in [-0.1, -0.05) is 130 Å². The van der Waals surface area contributed by atoms with Gasteiger partial charge in [0.2, 0.25) is 17.7 Å². The Morgan fingerprint density at radius 1 is 0.473 bits per heavy atom. The average Bonchev–Trinajstić information content (AvgIpc) is 1.63. The number of fused-ring (bicyclic) bond motifs is 2. The Hall–Kier alpha value is -4.22. The fraction of sp³-hybridized carbons (Fsp3) is 0.518. The van der Waals surface area contributed by atoms with Gasteiger partial charge in [-0.15, -0.1) is 0 Å². The maximum Gasteiger partial charge on any atom is 0.328 e. The first-order valence-electron chi connectivity index (χ1n) is 36.9. The van der Waals surface area contributed by atoms with Gasteiger partial charge in [-0.25, -0.2) is 4.79 Å². The molecule has 5 amide bonds. The summed E-state index contributed by atoms with van der Waals surface area (Å²) in [5.41, 5.74) is 2.89. The summed E-state index contributed by atoms with van der Waals surface area (Å²) in [6.45, 7) is 30.3. The van der Waals surface area contributed by atoms with E-state index < -0.39 is 161 Å². The number of hydrogen-bond donors (Lipinski definition) is 4. The molecule has 43 radical (unpaired) electrons. The lowest BCUT2D eigenvalue weighted by Gasteiger charge is -2.42. The third-order valence-electron chi connectivity index (χ3n) is 19.0. The van der Waals surface area contributed by atoms with Gasteiger partial charge in [-0.3, -0.25) is 38.4 Å². The van der Waals surface area contributed by atoms with Crippen LogP contribution in [0.25, 0.3) is 0 Å². The predicted octanol–water partition coefficient (Wildman–Crippen LogP) is -7.56. The molecule has 2 aliphatic heterocycles. The second-order valence-electron chi connectivity index (χ2n) is 31.3. The minimum atomic E-state index is -1.11. The molecule has 4 N–H and O–H groups in total. The summed E-state index contributed by atoms with van der Waals surface area (Å²) in [6, 6.07) is 18.1. The maximum atomic E-state index is 12.9. The zero-order valence-electron chi connectivity index (χ0n) is 67.9. The molecule has 5 rings (SSSR count). The van der Waals surface area contributed by atoms with Crippen LogP contribution in [0.4, 0.5) is 0 Å². The van der Waals surface area contributed by atoms with Gasteiger partial charge in [0.05, 0.1) is 13.2 Å². The molecule has 6 atom stereocenters. The number of carboxylic acids is 1. The van der Waals surface area contributed by atoms with Crippen LogP contribution in [0.3, 0.4) is 0 Å². The highest BCUT2D eigenvalue weighted by Gasteiger charge is 2.48. The number of esters is 1. The van der Waals surface area contributed by atoms with Crippen molar-refractivity contribution in [2.24, 2.45) is 22.2 Å². The van der Waals surface area contributed by atoms with Crippen LogP contribution in [0.15, 0.2) is 72.8 Å². The lowest BCUT2D eigenvalue weighted by molar-refractivity contribution is -0.148. The number of benzene rings is 3. The number of nitrogens with one attached hydrogen (secondary N) is 3. The van der Waals surface area contributed by atoms with Crippen molar-refractivity contribution >= 4 is 332 Å². The highest BCUT2D eigenvalue weighted by Crippen LogP contribution is 2.34. The zero-order chi connectivity index (χ0) is 87.1. The van der Waals surface area contributed by atoms with Crippen molar-refractivity contribution in [3.63, 3.8) is 0 Å². The van der Waals surface area contributed by atoms with E-state index in [0.717, 1.165) is 11.1 Å². The summed E-state index contributed by atoms with van der Waals surface area (Å²) in [6.07, 6.45) is -11.5. The monoisotopic (exact) mass is 1440 g/mol. The third kappa shape index (κ3) is 34.4. The minimum Gasteiger partial charge on any atom is -0.480 e. The van der Waals surface area contributed by atoms with Crippen molar-refractivity contribution in [1.82, 2.24) is 25.8 Å². The molecule has 3 aromatic carbocycles. The van der Waals surface area contributed by atoms with Gasteiger partial charge in [0.1, 0.15) is 24.2 Å². The van der Waals surface area contributed by atoms with Gasteiger partial charge in [0.15, 0.2) is 12.6 Å². The van der Waals surface area contributed by atoms with Crippen LogP contribution in [0, 0.1) is 22.2 Å². The lowest BCUT2D eigenvalue weighted by Crippen LogP contribution is -2.80. The van der Waals surface area contributed by atoms with E-state index in [-0.39, 0.29) is 47.6 Å². The molecule has 2 aliphatic rings. The van der Waals surface area contributed by atoms with E-state index in [9.17, 15) is 43.2 Å². The topological polar surface area (TPSA) is 235 Å². The molecule has 517 valence electrons. The first-order chi connectivity index (χ1) is 51.6. The minimum absolute atomic E-state index is 0.00934. The molecule has 0 saturated heterocycles. The largest absolute Gasteiger partial charge is 0.480 e. The van der Waals surface area contributed by atoms with Gasteiger partial charge in [0.25, 0.3) is 11.8 Å². The van der Waals surface area contributed by atoms with Gasteiger partial charge in [-0.05, 0) is 74.1 Å². The summed E-state index contributed by atoms with van der Waals surface area (Å²) in [5.74, 6) is -2.63. The Bertz CT molecular complexity index is 3320. The molecule has 0 bridgehead atoms. The zero-order valence-corrected chi connectivity index (χ0v) is 67.9. The summed E-state index contributed by atoms with van der Waals surface area (Å²) in [4.78, 5) is 109. The van der Waals surface area contributed by atoms with Crippen LogP contribution < -0.4 is 16.0 Å². The highest BCUT2D eigenvalue weighted by atomic mass is 16.5. The second kappa shape index (κ2) is 51.2. The van der Waals surface area contributed by atoms with Crippen molar-refractivity contribution in [1.29, 1.82) is 0 Å².